The Labute approximate surface area is 125 Å². The minimum absolute atomic E-state index is 0.212. The Kier molecular flexibility index (Phi) is 2.81. The van der Waals surface area contributed by atoms with Crippen LogP contribution in [0.25, 0.3) is 11.0 Å². The Morgan fingerprint density at radius 2 is 2.32 bits per heavy atom. The normalized spacial score (nSPS) is 17.4. The number of hydrogen-bond donors (Lipinski definition) is 3. The molecule has 3 aromatic heterocycles. The van der Waals surface area contributed by atoms with Crippen molar-refractivity contribution in [1.29, 1.82) is 0 Å². The number of hydrogen-bond acceptors (Lipinski definition) is 5. The molecule has 0 saturated heterocycles. The van der Waals surface area contributed by atoms with Crippen LogP contribution in [0, 0.1) is 0 Å². The summed E-state index contributed by atoms with van der Waals surface area (Å²) < 4.78 is 2.15. The number of aromatic nitrogens is 5. The standard InChI is InChI=1S/C14H15N7O/c15-12(22)9-6-17-13-11(9)14(19-7-18-13)20-8-1-3-21-4-2-16-10(21)5-8/h2,4,6-8H,1,3,5H2,(H2,15,22)(H2,17,18,19,20). The summed E-state index contributed by atoms with van der Waals surface area (Å²) in [5.74, 6) is 1.19. The van der Waals surface area contributed by atoms with Crippen molar-refractivity contribution >= 4 is 22.8 Å². The lowest BCUT2D eigenvalue weighted by atomic mass is 10.1. The average Bonchev–Trinajstić information content (AvgIpc) is 3.13. The number of aryl methyl sites for hydroxylation is 1. The third-order valence-electron chi connectivity index (χ3n) is 4.03. The number of primary amides is 1. The second kappa shape index (κ2) is 4.83. The van der Waals surface area contributed by atoms with Crippen LogP contribution in [0.5, 0.6) is 0 Å². The number of carbonyl (C=O) groups excluding carboxylic acids is 1. The summed E-state index contributed by atoms with van der Waals surface area (Å²) in [5, 5.41) is 4.05. The Morgan fingerprint density at radius 3 is 3.18 bits per heavy atom. The highest BCUT2D eigenvalue weighted by Crippen LogP contribution is 2.25. The third-order valence-corrected chi connectivity index (χ3v) is 4.03. The van der Waals surface area contributed by atoms with Gasteiger partial charge in [0.1, 0.15) is 23.6 Å². The van der Waals surface area contributed by atoms with Crippen molar-refractivity contribution in [2.45, 2.75) is 25.4 Å². The van der Waals surface area contributed by atoms with Crippen molar-refractivity contribution < 1.29 is 4.79 Å². The molecular weight excluding hydrogens is 282 g/mol. The van der Waals surface area contributed by atoms with E-state index in [0.717, 1.165) is 25.2 Å². The van der Waals surface area contributed by atoms with Gasteiger partial charge in [0.25, 0.3) is 5.91 Å². The lowest BCUT2D eigenvalue weighted by Crippen LogP contribution is -2.30. The van der Waals surface area contributed by atoms with Crippen molar-refractivity contribution in [2.75, 3.05) is 5.32 Å². The lowest BCUT2D eigenvalue weighted by Gasteiger charge is -2.25. The van der Waals surface area contributed by atoms with Gasteiger partial charge in [-0.1, -0.05) is 0 Å². The van der Waals surface area contributed by atoms with Crippen molar-refractivity contribution in [3.05, 3.63) is 36.3 Å². The molecule has 1 atom stereocenters. The number of rotatable bonds is 3. The number of amides is 1. The fraction of sp³-hybridized carbons (Fsp3) is 0.286. The molecular formula is C14H15N7O. The van der Waals surface area contributed by atoms with E-state index in [2.05, 4.69) is 29.8 Å². The predicted molar refractivity (Wildman–Crippen MR) is 80.4 cm³/mol. The number of anilines is 1. The molecule has 1 aliphatic heterocycles. The quantitative estimate of drug-likeness (QED) is 0.657. The van der Waals surface area contributed by atoms with Gasteiger partial charge in [-0.25, -0.2) is 15.0 Å². The monoisotopic (exact) mass is 297 g/mol. The Morgan fingerprint density at radius 1 is 1.41 bits per heavy atom. The first-order chi connectivity index (χ1) is 10.7. The van der Waals surface area contributed by atoms with E-state index in [1.165, 1.54) is 6.33 Å². The fourth-order valence-electron chi connectivity index (χ4n) is 2.93. The summed E-state index contributed by atoms with van der Waals surface area (Å²) >= 11 is 0. The SMILES string of the molecule is NC(=O)c1c[nH]c2ncnc(NC3CCn4ccnc4C3)c12. The summed E-state index contributed by atoms with van der Waals surface area (Å²) in [7, 11) is 0. The molecule has 112 valence electrons. The van der Waals surface area contributed by atoms with Gasteiger partial charge in [0.05, 0.1) is 10.9 Å². The topological polar surface area (TPSA) is 115 Å². The van der Waals surface area contributed by atoms with Crippen LogP contribution in [0.1, 0.15) is 22.6 Å². The molecule has 0 saturated carbocycles. The van der Waals surface area contributed by atoms with Gasteiger partial charge in [-0.05, 0) is 6.42 Å². The maximum absolute atomic E-state index is 11.6. The summed E-state index contributed by atoms with van der Waals surface area (Å²) in [6.45, 7) is 0.914. The molecule has 4 rings (SSSR count). The van der Waals surface area contributed by atoms with Crippen molar-refractivity contribution in [1.82, 2.24) is 24.5 Å². The number of carbonyl (C=O) groups is 1. The van der Waals surface area contributed by atoms with Gasteiger partial charge in [-0.3, -0.25) is 4.79 Å². The lowest BCUT2D eigenvalue weighted by molar-refractivity contribution is 0.100. The van der Waals surface area contributed by atoms with Gasteiger partial charge in [0.15, 0.2) is 0 Å². The molecule has 1 amide bonds. The molecule has 8 nitrogen and oxygen atoms in total. The zero-order valence-corrected chi connectivity index (χ0v) is 11.8. The Hall–Kier alpha value is -2.90. The van der Waals surface area contributed by atoms with Gasteiger partial charge in [-0.2, -0.15) is 0 Å². The second-order valence-corrected chi connectivity index (χ2v) is 5.38. The van der Waals surface area contributed by atoms with Crippen LogP contribution in [-0.2, 0) is 13.0 Å². The largest absolute Gasteiger partial charge is 0.366 e. The Bertz CT molecular complexity index is 850. The second-order valence-electron chi connectivity index (χ2n) is 5.38. The molecule has 0 aliphatic carbocycles. The summed E-state index contributed by atoms with van der Waals surface area (Å²) in [4.78, 5) is 27.3. The minimum Gasteiger partial charge on any atom is -0.366 e. The van der Waals surface area contributed by atoms with Crippen LogP contribution in [-0.4, -0.2) is 36.5 Å². The van der Waals surface area contributed by atoms with Crippen LogP contribution in [0.2, 0.25) is 0 Å². The molecule has 4 heterocycles. The zero-order chi connectivity index (χ0) is 15.1. The number of H-pyrrole nitrogens is 1. The molecule has 0 aromatic carbocycles. The van der Waals surface area contributed by atoms with Crippen LogP contribution < -0.4 is 11.1 Å². The van der Waals surface area contributed by atoms with Crippen molar-refractivity contribution in [3.8, 4) is 0 Å². The van der Waals surface area contributed by atoms with Gasteiger partial charge in [-0.15, -0.1) is 0 Å². The number of nitrogens with zero attached hydrogens (tertiary/aromatic N) is 4. The predicted octanol–water partition coefficient (Wildman–Crippen LogP) is 0.680. The maximum Gasteiger partial charge on any atom is 0.251 e. The molecule has 1 unspecified atom stereocenters. The number of imidazole rings is 1. The molecule has 1 aliphatic rings. The van der Waals surface area contributed by atoms with E-state index in [9.17, 15) is 4.79 Å². The van der Waals surface area contributed by atoms with E-state index in [4.69, 9.17) is 5.73 Å². The molecule has 4 N–H and O–H groups in total. The van der Waals surface area contributed by atoms with Crippen molar-refractivity contribution in [3.63, 3.8) is 0 Å². The van der Waals surface area contributed by atoms with Crippen LogP contribution in [0.3, 0.4) is 0 Å². The first-order valence-electron chi connectivity index (χ1n) is 7.11. The van der Waals surface area contributed by atoms with Crippen molar-refractivity contribution in [2.24, 2.45) is 5.73 Å². The van der Waals surface area contributed by atoms with Crippen LogP contribution >= 0.6 is 0 Å². The van der Waals surface area contributed by atoms with E-state index in [0.29, 0.717) is 22.4 Å². The molecule has 0 radical (unpaired) electrons. The first kappa shape index (κ1) is 12.8. The van der Waals surface area contributed by atoms with Gasteiger partial charge < -0.3 is 20.6 Å². The number of aromatic amines is 1. The summed E-state index contributed by atoms with van der Waals surface area (Å²) in [6, 6.07) is 0.212. The maximum atomic E-state index is 11.6. The van der Waals surface area contributed by atoms with Gasteiger partial charge in [0.2, 0.25) is 0 Å². The minimum atomic E-state index is -0.497. The first-order valence-corrected chi connectivity index (χ1v) is 7.11. The smallest absolute Gasteiger partial charge is 0.251 e. The van der Waals surface area contributed by atoms with Gasteiger partial charge in [0, 0.05) is 37.6 Å². The molecule has 0 fully saturated rings. The molecule has 3 aromatic rings. The molecule has 8 heteroatoms. The van der Waals surface area contributed by atoms with E-state index in [1.807, 2.05) is 12.4 Å². The highest BCUT2D eigenvalue weighted by Gasteiger charge is 2.22. The highest BCUT2D eigenvalue weighted by molar-refractivity contribution is 6.08. The number of nitrogens with one attached hydrogen (secondary N) is 2. The van der Waals surface area contributed by atoms with E-state index >= 15 is 0 Å². The number of nitrogens with two attached hydrogens (primary N) is 1. The third kappa shape index (κ3) is 2.00. The van der Waals surface area contributed by atoms with Crippen LogP contribution in [0.15, 0.2) is 24.9 Å². The summed E-state index contributed by atoms with van der Waals surface area (Å²) in [6.07, 6.45) is 8.62. The molecule has 0 spiro atoms. The molecule has 0 bridgehead atoms. The van der Waals surface area contributed by atoms with E-state index in [1.54, 1.807) is 6.20 Å². The zero-order valence-electron chi connectivity index (χ0n) is 11.8. The Balaban J connectivity index is 1.67. The summed E-state index contributed by atoms with van der Waals surface area (Å²) in [5.41, 5.74) is 6.42. The van der Waals surface area contributed by atoms with E-state index < -0.39 is 5.91 Å². The average molecular weight is 297 g/mol. The fourth-order valence-corrected chi connectivity index (χ4v) is 2.93. The van der Waals surface area contributed by atoms with Gasteiger partial charge >= 0.3 is 0 Å². The number of fused-ring (bicyclic) bond motifs is 2. The van der Waals surface area contributed by atoms with Crippen LogP contribution in [0.4, 0.5) is 5.82 Å². The molecule has 22 heavy (non-hydrogen) atoms. The van der Waals surface area contributed by atoms with E-state index in [-0.39, 0.29) is 6.04 Å². The highest BCUT2D eigenvalue weighted by atomic mass is 16.1.